The molecule has 8 heteroatoms. The van der Waals surface area contributed by atoms with Gasteiger partial charge < -0.3 is 10.4 Å². The molecule has 25 heavy (non-hydrogen) atoms. The van der Waals surface area contributed by atoms with E-state index in [-0.39, 0.29) is 23.1 Å². The van der Waals surface area contributed by atoms with Gasteiger partial charge in [0.15, 0.2) is 0 Å². The number of aromatic nitrogens is 2. The second-order valence-electron chi connectivity index (χ2n) is 5.75. The fraction of sp³-hybridized carbons (Fsp3) is 0.294. The summed E-state index contributed by atoms with van der Waals surface area (Å²) in [6.07, 6.45) is 1.08. The number of carboxylic acid groups (broad SMARTS) is 1. The Balaban J connectivity index is 2.29. The molecule has 0 saturated carbocycles. The summed E-state index contributed by atoms with van der Waals surface area (Å²) in [5.41, 5.74) is 0.638. The van der Waals surface area contributed by atoms with Crippen molar-refractivity contribution >= 4 is 35.1 Å². The number of hydrogen-bond acceptors (Lipinski definition) is 4. The fourth-order valence-electron chi connectivity index (χ4n) is 2.17. The minimum absolute atomic E-state index is 0.0183. The lowest BCUT2D eigenvalue weighted by Crippen LogP contribution is -2.31. The van der Waals surface area contributed by atoms with Crippen LogP contribution in [0.25, 0.3) is 0 Å². The lowest BCUT2D eigenvalue weighted by molar-refractivity contribution is -0.137. The molecule has 0 saturated heterocycles. The van der Waals surface area contributed by atoms with E-state index in [4.69, 9.17) is 28.3 Å². The van der Waals surface area contributed by atoms with E-state index in [0.717, 1.165) is 0 Å². The van der Waals surface area contributed by atoms with Crippen LogP contribution >= 0.6 is 23.2 Å². The Bertz CT molecular complexity index is 779. The average Bonchev–Trinajstić information content (AvgIpc) is 2.54. The molecule has 0 aliphatic heterocycles. The highest BCUT2D eigenvalue weighted by Gasteiger charge is 2.22. The van der Waals surface area contributed by atoms with Crippen LogP contribution in [0.1, 0.15) is 54.1 Å². The van der Waals surface area contributed by atoms with Crippen molar-refractivity contribution < 1.29 is 14.7 Å². The van der Waals surface area contributed by atoms with Gasteiger partial charge in [-0.15, -0.1) is 0 Å². The lowest BCUT2D eigenvalue weighted by atomic mass is 10.0. The Kier molecular flexibility index (Phi) is 6.33. The van der Waals surface area contributed by atoms with Gasteiger partial charge in [0.2, 0.25) is 0 Å². The van der Waals surface area contributed by atoms with E-state index < -0.39 is 17.9 Å². The van der Waals surface area contributed by atoms with Gasteiger partial charge in [-0.3, -0.25) is 9.59 Å². The molecule has 0 bridgehead atoms. The Hall–Kier alpha value is -2.18. The summed E-state index contributed by atoms with van der Waals surface area (Å²) < 4.78 is 0. The molecule has 6 nitrogen and oxygen atoms in total. The number of halogens is 2. The monoisotopic (exact) mass is 381 g/mol. The molecule has 1 aromatic heterocycles. The van der Waals surface area contributed by atoms with Gasteiger partial charge in [0, 0.05) is 10.9 Å². The zero-order valence-electron chi connectivity index (χ0n) is 13.7. The SMILES string of the molecule is CC(C)c1ncc(Cl)c(C(=O)N[C@@H](CC(=O)O)c2ccc(Cl)cc2)n1. The smallest absolute Gasteiger partial charge is 0.305 e. The van der Waals surface area contributed by atoms with E-state index in [1.54, 1.807) is 24.3 Å². The zero-order valence-corrected chi connectivity index (χ0v) is 15.2. The van der Waals surface area contributed by atoms with E-state index in [2.05, 4.69) is 15.3 Å². The molecule has 1 atom stereocenters. The minimum Gasteiger partial charge on any atom is -0.481 e. The van der Waals surface area contributed by atoms with Gasteiger partial charge >= 0.3 is 5.97 Å². The molecule has 0 radical (unpaired) electrons. The van der Waals surface area contributed by atoms with Crippen LogP contribution in [0.2, 0.25) is 10.0 Å². The number of carbonyl (C=O) groups is 2. The van der Waals surface area contributed by atoms with E-state index in [0.29, 0.717) is 16.4 Å². The molecule has 0 aliphatic carbocycles. The number of nitrogens with zero attached hydrogens (tertiary/aromatic N) is 2. The average molecular weight is 382 g/mol. The number of benzene rings is 1. The first kappa shape index (κ1) is 19.1. The summed E-state index contributed by atoms with van der Waals surface area (Å²) >= 11 is 11.9. The quantitative estimate of drug-likeness (QED) is 0.792. The summed E-state index contributed by atoms with van der Waals surface area (Å²) in [4.78, 5) is 32.0. The molecule has 1 heterocycles. The molecule has 0 fully saturated rings. The van der Waals surface area contributed by atoms with E-state index in [9.17, 15) is 9.59 Å². The summed E-state index contributed by atoms with van der Waals surface area (Å²) in [6, 6.07) is 5.85. The van der Waals surface area contributed by atoms with Crippen molar-refractivity contribution in [3.8, 4) is 0 Å². The van der Waals surface area contributed by atoms with Crippen LogP contribution in [0.3, 0.4) is 0 Å². The summed E-state index contributed by atoms with van der Waals surface area (Å²) in [5, 5.41) is 12.4. The number of nitrogens with one attached hydrogen (secondary N) is 1. The maximum absolute atomic E-state index is 12.6. The molecule has 2 aromatic rings. The van der Waals surface area contributed by atoms with Crippen LogP contribution in [0, 0.1) is 0 Å². The highest BCUT2D eigenvalue weighted by Crippen LogP contribution is 2.22. The zero-order chi connectivity index (χ0) is 18.6. The maximum Gasteiger partial charge on any atom is 0.305 e. The molecule has 2 N–H and O–H groups in total. The van der Waals surface area contributed by atoms with Crippen molar-refractivity contribution in [1.82, 2.24) is 15.3 Å². The van der Waals surface area contributed by atoms with E-state index in [1.807, 2.05) is 13.8 Å². The summed E-state index contributed by atoms with van der Waals surface area (Å²) in [5.74, 6) is -1.10. The molecule has 1 aromatic carbocycles. The van der Waals surface area contributed by atoms with Gasteiger partial charge in [0.1, 0.15) is 11.5 Å². The molecular formula is C17H17Cl2N3O3. The molecule has 0 aliphatic rings. The van der Waals surface area contributed by atoms with Crippen LogP contribution < -0.4 is 5.32 Å². The van der Waals surface area contributed by atoms with Crippen molar-refractivity contribution in [1.29, 1.82) is 0 Å². The van der Waals surface area contributed by atoms with Crippen molar-refractivity contribution in [3.63, 3.8) is 0 Å². The number of hydrogen-bond donors (Lipinski definition) is 2. The van der Waals surface area contributed by atoms with Crippen molar-refractivity contribution in [2.75, 3.05) is 0 Å². The Labute approximate surface area is 155 Å². The Morgan fingerprint density at radius 2 is 1.84 bits per heavy atom. The minimum atomic E-state index is -1.04. The van der Waals surface area contributed by atoms with Crippen LogP contribution in [0.4, 0.5) is 0 Å². The van der Waals surface area contributed by atoms with Gasteiger partial charge in [-0.25, -0.2) is 9.97 Å². The summed E-state index contributed by atoms with van der Waals surface area (Å²) in [7, 11) is 0. The van der Waals surface area contributed by atoms with Crippen LogP contribution in [-0.4, -0.2) is 27.0 Å². The first-order chi connectivity index (χ1) is 11.8. The summed E-state index contributed by atoms with van der Waals surface area (Å²) in [6.45, 7) is 3.79. The topological polar surface area (TPSA) is 92.2 Å². The van der Waals surface area contributed by atoms with E-state index >= 15 is 0 Å². The van der Waals surface area contributed by atoms with Crippen molar-refractivity contribution in [2.24, 2.45) is 0 Å². The van der Waals surface area contributed by atoms with Crippen LogP contribution in [0.5, 0.6) is 0 Å². The number of amides is 1. The second kappa shape index (κ2) is 8.27. The third kappa shape index (κ3) is 5.14. The van der Waals surface area contributed by atoms with Crippen molar-refractivity contribution in [3.05, 3.63) is 57.6 Å². The Morgan fingerprint density at radius 1 is 1.20 bits per heavy atom. The second-order valence-corrected chi connectivity index (χ2v) is 6.60. The number of carbonyl (C=O) groups excluding carboxylic acids is 1. The molecule has 0 spiro atoms. The number of aliphatic carboxylic acids is 1. The predicted molar refractivity (Wildman–Crippen MR) is 95.0 cm³/mol. The van der Waals surface area contributed by atoms with Crippen molar-refractivity contribution in [2.45, 2.75) is 32.2 Å². The molecule has 132 valence electrons. The largest absolute Gasteiger partial charge is 0.481 e. The fourth-order valence-corrected chi connectivity index (χ4v) is 2.47. The number of carboxylic acids is 1. The van der Waals surface area contributed by atoms with Gasteiger partial charge in [-0.1, -0.05) is 49.2 Å². The maximum atomic E-state index is 12.6. The van der Waals surface area contributed by atoms with Crippen LogP contribution in [0.15, 0.2) is 30.5 Å². The van der Waals surface area contributed by atoms with Crippen LogP contribution in [-0.2, 0) is 4.79 Å². The highest BCUT2D eigenvalue weighted by atomic mass is 35.5. The van der Waals surface area contributed by atoms with E-state index in [1.165, 1.54) is 6.20 Å². The lowest BCUT2D eigenvalue weighted by Gasteiger charge is -2.18. The van der Waals surface area contributed by atoms with Gasteiger partial charge in [-0.05, 0) is 17.7 Å². The molecule has 0 unspecified atom stereocenters. The van der Waals surface area contributed by atoms with Gasteiger partial charge in [0.25, 0.3) is 5.91 Å². The molecular weight excluding hydrogens is 365 g/mol. The molecule has 1 amide bonds. The Morgan fingerprint density at radius 3 is 2.40 bits per heavy atom. The first-order valence-corrected chi connectivity index (χ1v) is 8.34. The van der Waals surface area contributed by atoms with Gasteiger partial charge in [-0.2, -0.15) is 0 Å². The first-order valence-electron chi connectivity index (χ1n) is 7.58. The third-order valence-corrected chi connectivity index (χ3v) is 3.98. The number of rotatable bonds is 6. The third-order valence-electron chi connectivity index (χ3n) is 3.45. The predicted octanol–water partition coefficient (Wildman–Crippen LogP) is 3.85. The normalized spacial score (nSPS) is 12.0. The standard InChI is InChI=1S/C17H17Cl2N3O3/c1-9(2)16-20-8-12(19)15(22-16)17(25)21-13(7-14(23)24)10-3-5-11(18)6-4-10/h3-6,8-9,13H,7H2,1-2H3,(H,21,25)(H,23,24)/t13-/m0/s1. The highest BCUT2D eigenvalue weighted by molar-refractivity contribution is 6.33. The van der Waals surface area contributed by atoms with Gasteiger partial charge in [0.05, 0.1) is 23.7 Å². The molecule has 2 rings (SSSR count).